The minimum atomic E-state index is -1.24. The topological polar surface area (TPSA) is 37.3 Å². The number of carbonyl (C=O) groups excluding carboxylic acids is 1. The lowest BCUT2D eigenvalue weighted by Crippen LogP contribution is -2.50. The molecule has 0 radical (unpaired) electrons. The van der Waals surface area contributed by atoms with Gasteiger partial charge in [-0.15, -0.1) is 0 Å². The molecule has 3 saturated carbocycles. The minimum absolute atomic E-state index is 0.130. The summed E-state index contributed by atoms with van der Waals surface area (Å²) in [4.78, 5) is 12.3. The summed E-state index contributed by atoms with van der Waals surface area (Å²) in [5.41, 5.74) is 1.18. The summed E-state index contributed by atoms with van der Waals surface area (Å²) in [5.74, 6) is 1.11. The third-order valence-electron chi connectivity index (χ3n) is 7.78. The molecular formula is C19H27FO2. The molecule has 2 nitrogen and oxygen atoms in total. The Morgan fingerprint density at radius 2 is 1.91 bits per heavy atom. The molecule has 0 aromatic carbocycles. The number of aliphatic hydroxyl groups excluding tert-OH is 1. The molecule has 5 unspecified atom stereocenters. The second-order valence-corrected chi connectivity index (χ2v) is 8.68. The van der Waals surface area contributed by atoms with Crippen LogP contribution in [0.4, 0.5) is 4.39 Å². The van der Waals surface area contributed by atoms with Crippen LogP contribution in [0.2, 0.25) is 0 Å². The molecule has 3 fully saturated rings. The Morgan fingerprint density at radius 3 is 2.68 bits per heavy atom. The Morgan fingerprint density at radius 1 is 1.18 bits per heavy atom. The van der Waals surface area contributed by atoms with Gasteiger partial charge in [-0.05, 0) is 68.1 Å². The van der Waals surface area contributed by atoms with Crippen molar-refractivity contribution in [3.63, 3.8) is 0 Å². The molecule has 0 aliphatic heterocycles. The van der Waals surface area contributed by atoms with E-state index in [1.54, 1.807) is 0 Å². The van der Waals surface area contributed by atoms with Gasteiger partial charge >= 0.3 is 0 Å². The van der Waals surface area contributed by atoms with Crippen LogP contribution in [-0.4, -0.2) is 23.2 Å². The average Bonchev–Trinajstić information content (AvgIpc) is 2.72. The molecule has 0 aromatic heterocycles. The van der Waals surface area contributed by atoms with Crippen molar-refractivity contribution in [2.75, 3.05) is 0 Å². The lowest BCUT2D eigenvalue weighted by molar-refractivity contribution is -0.134. The van der Waals surface area contributed by atoms with E-state index in [1.165, 1.54) is 5.57 Å². The molecule has 7 atom stereocenters. The Kier molecular flexibility index (Phi) is 3.15. The van der Waals surface area contributed by atoms with E-state index in [-0.39, 0.29) is 23.2 Å². The van der Waals surface area contributed by atoms with Crippen LogP contribution in [0.3, 0.4) is 0 Å². The van der Waals surface area contributed by atoms with E-state index in [0.29, 0.717) is 18.3 Å². The predicted octanol–water partition coefficient (Wildman–Crippen LogP) is 3.83. The highest BCUT2D eigenvalue weighted by molar-refractivity contribution is 5.91. The summed E-state index contributed by atoms with van der Waals surface area (Å²) in [6.07, 6.45) is 6.94. The molecule has 0 heterocycles. The van der Waals surface area contributed by atoms with Crippen molar-refractivity contribution >= 4 is 5.78 Å². The number of alkyl halides is 1. The van der Waals surface area contributed by atoms with Crippen molar-refractivity contribution in [1.29, 1.82) is 0 Å². The predicted molar refractivity (Wildman–Crippen MR) is 83.0 cm³/mol. The number of aliphatic hydroxyl groups is 1. The smallest absolute Gasteiger partial charge is 0.173 e. The van der Waals surface area contributed by atoms with Crippen LogP contribution in [0.5, 0.6) is 0 Å². The van der Waals surface area contributed by atoms with Crippen LogP contribution >= 0.6 is 0 Å². The fraction of sp³-hybridized carbons (Fsp3) is 0.842. The standard InChI is InChI=1S/C19H27FO2/c1-18-7-5-12(21)9-11(18)3-4-13-14(18)6-8-19(2)15(13)10-16(20)17(19)22/h3,12-16,21H,4-10H2,1-2H3/t12?,13?,14?,15?,16?,18-,19-/m0/s1. The summed E-state index contributed by atoms with van der Waals surface area (Å²) in [6, 6.07) is 0. The number of halogens is 1. The first-order valence-electron chi connectivity index (χ1n) is 8.92. The Hall–Kier alpha value is -0.700. The van der Waals surface area contributed by atoms with Gasteiger partial charge in [0.2, 0.25) is 0 Å². The quantitative estimate of drug-likeness (QED) is 0.691. The second kappa shape index (κ2) is 4.66. The van der Waals surface area contributed by atoms with Gasteiger partial charge in [-0.3, -0.25) is 4.79 Å². The number of Topliss-reactive ketones (excluding diaryl/α,β-unsaturated/α-hetero) is 1. The Bertz CT molecular complexity index is 542. The van der Waals surface area contributed by atoms with Gasteiger partial charge in [0.15, 0.2) is 12.0 Å². The first-order valence-corrected chi connectivity index (χ1v) is 8.92. The second-order valence-electron chi connectivity index (χ2n) is 8.68. The van der Waals surface area contributed by atoms with Crippen LogP contribution in [0, 0.1) is 28.6 Å². The van der Waals surface area contributed by atoms with E-state index in [0.717, 1.165) is 38.5 Å². The van der Waals surface area contributed by atoms with Gasteiger partial charge in [0.1, 0.15) is 0 Å². The Labute approximate surface area is 132 Å². The Balaban J connectivity index is 1.70. The van der Waals surface area contributed by atoms with E-state index in [9.17, 15) is 14.3 Å². The molecule has 0 saturated heterocycles. The SMILES string of the molecule is C[C@]12CCC(O)CC1=CCC1C2CC[C@]2(C)C(=O)C(F)CC12. The van der Waals surface area contributed by atoms with Gasteiger partial charge in [0.05, 0.1) is 6.10 Å². The van der Waals surface area contributed by atoms with Gasteiger partial charge in [-0.2, -0.15) is 0 Å². The zero-order chi connectivity index (χ0) is 15.7. The van der Waals surface area contributed by atoms with Crippen LogP contribution in [0.15, 0.2) is 11.6 Å². The van der Waals surface area contributed by atoms with E-state index in [1.807, 2.05) is 6.92 Å². The maximum Gasteiger partial charge on any atom is 0.173 e. The normalized spacial score (nSPS) is 54.3. The van der Waals surface area contributed by atoms with Crippen molar-refractivity contribution in [2.24, 2.45) is 28.6 Å². The van der Waals surface area contributed by atoms with Crippen LogP contribution in [-0.2, 0) is 4.79 Å². The monoisotopic (exact) mass is 306 g/mol. The van der Waals surface area contributed by atoms with Crippen molar-refractivity contribution in [3.05, 3.63) is 11.6 Å². The maximum atomic E-state index is 14.1. The fourth-order valence-corrected chi connectivity index (χ4v) is 6.39. The van der Waals surface area contributed by atoms with Gasteiger partial charge in [0, 0.05) is 5.41 Å². The molecular weight excluding hydrogens is 279 g/mol. The number of ketones is 1. The van der Waals surface area contributed by atoms with Crippen LogP contribution < -0.4 is 0 Å². The third kappa shape index (κ3) is 1.78. The number of allylic oxidation sites excluding steroid dienone is 1. The zero-order valence-corrected chi connectivity index (χ0v) is 13.6. The highest BCUT2D eigenvalue weighted by Crippen LogP contribution is 2.64. The number of fused-ring (bicyclic) bond motifs is 5. The molecule has 0 aromatic rings. The highest BCUT2D eigenvalue weighted by atomic mass is 19.1. The van der Waals surface area contributed by atoms with Gasteiger partial charge in [0.25, 0.3) is 0 Å². The first kappa shape index (κ1) is 14.9. The molecule has 4 aliphatic carbocycles. The summed E-state index contributed by atoms with van der Waals surface area (Å²) in [7, 11) is 0. The van der Waals surface area contributed by atoms with Gasteiger partial charge in [-0.1, -0.05) is 25.5 Å². The van der Waals surface area contributed by atoms with Crippen molar-refractivity contribution in [2.45, 2.75) is 71.1 Å². The lowest BCUT2D eigenvalue weighted by Gasteiger charge is -2.56. The number of hydrogen-bond acceptors (Lipinski definition) is 2. The largest absolute Gasteiger partial charge is 0.393 e. The molecule has 4 aliphatic rings. The van der Waals surface area contributed by atoms with E-state index >= 15 is 0 Å². The molecule has 122 valence electrons. The van der Waals surface area contributed by atoms with Gasteiger partial charge in [-0.25, -0.2) is 4.39 Å². The summed E-state index contributed by atoms with van der Waals surface area (Å²) >= 11 is 0. The maximum absolute atomic E-state index is 14.1. The van der Waals surface area contributed by atoms with Gasteiger partial charge < -0.3 is 5.11 Å². The molecule has 0 spiro atoms. The first-order chi connectivity index (χ1) is 10.4. The number of rotatable bonds is 0. The van der Waals surface area contributed by atoms with Crippen molar-refractivity contribution in [1.82, 2.24) is 0 Å². The summed E-state index contributed by atoms with van der Waals surface area (Å²) in [6.45, 7) is 4.37. The summed E-state index contributed by atoms with van der Waals surface area (Å²) < 4.78 is 14.1. The molecule has 0 bridgehead atoms. The highest BCUT2D eigenvalue weighted by Gasteiger charge is 2.61. The van der Waals surface area contributed by atoms with Crippen LogP contribution in [0.1, 0.15) is 58.8 Å². The zero-order valence-electron chi connectivity index (χ0n) is 13.6. The third-order valence-corrected chi connectivity index (χ3v) is 7.78. The molecule has 22 heavy (non-hydrogen) atoms. The van der Waals surface area contributed by atoms with E-state index in [2.05, 4.69) is 13.0 Å². The molecule has 4 rings (SSSR count). The average molecular weight is 306 g/mol. The summed E-state index contributed by atoms with van der Waals surface area (Å²) in [5, 5.41) is 9.98. The molecule has 0 amide bonds. The molecule has 3 heteroatoms. The lowest BCUT2D eigenvalue weighted by atomic mass is 9.48. The molecule has 1 N–H and O–H groups in total. The van der Waals surface area contributed by atoms with E-state index < -0.39 is 11.6 Å². The van der Waals surface area contributed by atoms with Crippen molar-refractivity contribution < 1.29 is 14.3 Å². The number of hydrogen-bond donors (Lipinski definition) is 1. The van der Waals surface area contributed by atoms with Crippen LogP contribution in [0.25, 0.3) is 0 Å². The van der Waals surface area contributed by atoms with E-state index in [4.69, 9.17) is 0 Å². The minimum Gasteiger partial charge on any atom is -0.393 e. The number of carbonyl (C=O) groups is 1. The fourth-order valence-electron chi connectivity index (χ4n) is 6.39. The van der Waals surface area contributed by atoms with Crippen molar-refractivity contribution in [3.8, 4) is 0 Å².